The van der Waals surface area contributed by atoms with Crippen molar-refractivity contribution in [2.75, 3.05) is 11.9 Å². The van der Waals surface area contributed by atoms with Gasteiger partial charge in [-0.15, -0.1) is 5.10 Å². The van der Waals surface area contributed by atoms with E-state index in [9.17, 15) is 22.8 Å². The van der Waals surface area contributed by atoms with Crippen LogP contribution in [0.5, 0.6) is 0 Å². The zero-order chi connectivity index (χ0) is 21.0. The standard InChI is InChI=1S/C18H17F3N6O2/c1-26-15(12-5-4-8-22-11-12)25-27(17(26)29)10-9-23-16(28)24-14-7-3-2-6-13(14)18(19,20)21/h2-8,11H,9-10H2,1H3,(H2,23,24,28). The Bertz CT molecular complexity index is 1060. The van der Waals surface area contributed by atoms with E-state index < -0.39 is 23.5 Å². The number of anilines is 1. The molecule has 0 aliphatic carbocycles. The zero-order valence-corrected chi connectivity index (χ0v) is 15.3. The lowest BCUT2D eigenvalue weighted by molar-refractivity contribution is -0.136. The molecule has 3 rings (SSSR count). The average Bonchev–Trinajstić information content (AvgIpc) is 2.97. The molecule has 2 aromatic heterocycles. The molecule has 0 bridgehead atoms. The maximum Gasteiger partial charge on any atom is 0.418 e. The molecule has 2 N–H and O–H groups in total. The second-order valence-electron chi connectivity index (χ2n) is 6.05. The minimum atomic E-state index is -4.59. The monoisotopic (exact) mass is 406 g/mol. The first-order chi connectivity index (χ1) is 13.8. The number of pyridine rings is 1. The van der Waals surface area contributed by atoms with Gasteiger partial charge in [0.05, 0.1) is 17.8 Å². The van der Waals surface area contributed by atoms with E-state index in [0.717, 1.165) is 16.8 Å². The molecule has 2 amide bonds. The van der Waals surface area contributed by atoms with Crippen LogP contribution in [-0.2, 0) is 19.8 Å². The molecule has 0 spiro atoms. The predicted octanol–water partition coefficient (Wildman–Crippen LogP) is 2.48. The van der Waals surface area contributed by atoms with Gasteiger partial charge in [0.1, 0.15) is 0 Å². The van der Waals surface area contributed by atoms with Crippen LogP contribution in [-0.4, -0.2) is 31.9 Å². The van der Waals surface area contributed by atoms with E-state index in [4.69, 9.17) is 0 Å². The third-order valence-corrected chi connectivity index (χ3v) is 4.05. The number of nitrogens with zero attached hydrogens (tertiary/aromatic N) is 4. The molecule has 0 saturated carbocycles. The molecular weight excluding hydrogens is 389 g/mol. The van der Waals surface area contributed by atoms with Gasteiger partial charge in [-0.05, 0) is 24.3 Å². The normalized spacial score (nSPS) is 11.3. The van der Waals surface area contributed by atoms with Crippen molar-refractivity contribution >= 4 is 11.7 Å². The topological polar surface area (TPSA) is 93.8 Å². The number of amides is 2. The molecule has 0 radical (unpaired) electrons. The number of halogens is 3. The summed E-state index contributed by atoms with van der Waals surface area (Å²) in [6.45, 7) is 0.0324. The fourth-order valence-electron chi connectivity index (χ4n) is 2.66. The Hall–Kier alpha value is -3.63. The third kappa shape index (κ3) is 4.62. The van der Waals surface area contributed by atoms with Crippen LogP contribution < -0.4 is 16.3 Å². The Morgan fingerprint density at radius 1 is 1.17 bits per heavy atom. The van der Waals surface area contributed by atoms with Crippen LogP contribution in [0.4, 0.5) is 23.7 Å². The number of rotatable bonds is 5. The molecule has 0 aliphatic rings. The number of benzene rings is 1. The SMILES string of the molecule is Cn1c(-c2cccnc2)nn(CCNC(=O)Nc2ccccc2C(F)(F)F)c1=O. The summed E-state index contributed by atoms with van der Waals surface area (Å²) in [5.74, 6) is 0.409. The quantitative estimate of drug-likeness (QED) is 0.681. The van der Waals surface area contributed by atoms with Gasteiger partial charge in [-0.1, -0.05) is 12.1 Å². The van der Waals surface area contributed by atoms with Crippen molar-refractivity contribution in [1.29, 1.82) is 0 Å². The highest BCUT2D eigenvalue weighted by Crippen LogP contribution is 2.34. The van der Waals surface area contributed by atoms with Gasteiger partial charge in [-0.3, -0.25) is 9.55 Å². The second kappa shape index (κ2) is 8.17. The average molecular weight is 406 g/mol. The fourth-order valence-corrected chi connectivity index (χ4v) is 2.66. The first kappa shape index (κ1) is 20.1. The number of aromatic nitrogens is 4. The van der Waals surface area contributed by atoms with Crippen molar-refractivity contribution < 1.29 is 18.0 Å². The summed E-state index contributed by atoms with van der Waals surface area (Å²) in [6, 6.07) is 7.30. The number of hydrogen-bond acceptors (Lipinski definition) is 4. The summed E-state index contributed by atoms with van der Waals surface area (Å²) in [7, 11) is 1.56. The zero-order valence-electron chi connectivity index (χ0n) is 15.3. The maximum atomic E-state index is 13.0. The van der Waals surface area contributed by atoms with Gasteiger partial charge in [0.15, 0.2) is 5.82 Å². The smallest absolute Gasteiger partial charge is 0.336 e. The van der Waals surface area contributed by atoms with E-state index in [-0.39, 0.29) is 18.8 Å². The van der Waals surface area contributed by atoms with Gasteiger partial charge < -0.3 is 10.6 Å². The summed E-state index contributed by atoms with van der Waals surface area (Å²) in [6.07, 6.45) is -1.43. The Morgan fingerprint density at radius 3 is 2.62 bits per heavy atom. The number of carbonyl (C=O) groups excluding carboxylic acids is 1. The molecule has 0 unspecified atom stereocenters. The van der Waals surface area contributed by atoms with Gasteiger partial charge in [-0.2, -0.15) is 13.2 Å². The van der Waals surface area contributed by atoms with Crippen molar-refractivity contribution in [2.24, 2.45) is 7.05 Å². The fraction of sp³-hybridized carbons (Fsp3) is 0.222. The van der Waals surface area contributed by atoms with Crippen molar-refractivity contribution in [2.45, 2.75) is 12.7 Å². The molecule has 0 fully saturated rings. The third-order valence-electron chi connectivity index (χ3n) is 4.05. The van der Waals surface area contributed by atoms with E-state index in [2.05, 4.69) is 20.7 Å². The molecule has 2 heterocycles. The molecule has 29 heavy (non-hydrogen) atoms. The Balaban J connectivity index is 1.63. The van der Waals surface area contributed by atoms with Crippen molar-refractivity contribution in [1.82, 2.24) is 24.6 Å². The highest BCUT2D eigenvalue weighted by Gasteiger charge is 2.33. The molecule has 0 saturated heterocycles. The molecule has 0 aliphatic heterocycles. The first-order valence-electron chi connectivity index (χ1n) is 8.52. The molecule has 152 valence electrons. The van der Waals surface area contributed by atoms with Gasteiger partial charge >= 0.3 is 17.9 Å². The number of urea groups is 1. The van der Waals surface area contributed by atoms with E-state index in [1.165, 1.54) is 16.7 Å². The van der Waals surface area contributed by atoms with Crippen molar-refractivity contribution in [3.63, 3.8) is 0 Å². The Labute approximate surface area is 163 Å². The number of nitrogens with one attached hydrogen (secondary N) is 2. The minimum Gasteiger partial charge on any atom is -0.336 e. The van der Waals surface area contributed by atoms with E-state index in [0.29, 0.717) is 11.4 Å². The summed E-state index contributed by atoms with van der Waals surface area (Å²) in [5, 5.41) is 8.80. The van der Waals surface area contributed by atoms with Gasteiger partial charge in [0, 0.05) is 31.5 Å². The number of hydrogen-bond donors (Lipinski definition) is 2. The van der Waals surface area contributed by atoms with Gasteiger partial charge in [0.2, 0.25) is 0 Å². The lowest BCUT2D eigenvalue weighted by Gasteiger charge is -2.13. The van der Waals surface area contributed by atoms with Crippen molar-refractivity contribution in [3.8, 4) is 11.4 Å². The molecule has 1 aromatic carbocycles. The Morgan fingerprint density at radius 2 is 1.93 bits per heavy atom. The number of carbonyl (C=O) groups is 1. The second-order valence-corrected chi connectivity index (χ2v) is 6.05. The number of para-hydroxylation sites is 1. The van der Waals surface area contributed by atoms with Crippen LogP contribution in [0.2, 0.25) is 0 Å². The highest BCUT2D eigenvalue weighted by atomic mass is 19.4. The summed E-state index contributed by atoms with van der Waals surface area (Å²) < 4.78 is 41.4. The van der Waals surface area contributed by atoms with Crippen LogP contribution in [0.25, 0.3) is 11.4 Å². The van der Waals surface area contributed by atoms with Crippen LogP contribution in [0.15, 0.2) is 53.6 Å². The van der Waals surface area contributed by atoms with E-state index >= 15 is 0 Å². The number of alkyl halides is 3. The first-order valence-corrected chi connectivity index (χ1v) is 8.52. The molecule has 0 atom stereocenters. The van der Waals surface area contributed by atoms with Gasteiger partial charge in [-0.25, -0.2) is 14.3 Å². The Kier molecular flexibility index (Phi) is 5.66. The van der Waals surface area contributed by atoms with Crippen LogP contribution >= 0.6 is 0 Å². The van der Waals surface area contributed by atoms with E-state index in [1.54, 1.807) is 31.6 Å². The van der Waals surface area contributed by atoms with Crippen molar-refractivity contribution in [3.05, 3.63) is 64.8 Å². The summed E-state index contributed by atoms with van der Waals surface area (Å²) >= 11 is 0. The lowest BCUT2D eigenvalue weighted by atomic mass is 10.1. The van der Waals surface area contributed by atoms with Crippen LogP contribution in [0, 0.1) is 0 Å². The van der Waals surface area contributed by atoms with Crippen LogP contribution in [0.1, 0.15) is 5.56 Å². The maximum absolute atomic E-state index is 13.0. The molecule has 3 aromatic rings. The lowest BCUT2D eigenvalue weighted by Crippen LogP contribution is -2.34. The molecule has 11 heteroatoms. The van der Waals surface area contributed by atoms with E-state index in [1.807, 2.05) is 0 Å². The van der Waals surface area contributed by atoms with Crippen LogP contribution in [0.3, 0.4) is 0 Å². The summed E-state index contributed by atoms with van der Waals surface area (Å²) in [4.78, 5) is 28.2. The molecule has 8 nitrogen and oxygen atoms in total. The highest BCUT2D eigenvalue weighted by molar-refractivity contribution is 5.90. The largest absolute Gasteiger partial charge is 0.418 e. The predicted molar refractivity (Wildman–Crippen MR) is 99.2 cm³/mol. The molecular formula is C18H17F3N6O2. The van der Waals surface area contributed by atoms with Gasteiger partial charge in [0.25, 0.3) is 0 Å². The summed E-state index contributed by atoms with van der Waals surface area (Å²) in [5.41, 5.74) is -1.04. The minimum absolute atomic E-state index is 0.0105.